The Bertz CT molecular complexity index is 1280. The van der Waals surface area contributed by atoms with Gasteiger partial charge in [-0.3, -0.25) is 9.59 Å². The minimum atomic E-state index is -4.47. The van der Waals surface area contributed by atoms with Gasteiger partial charge in [0.15, 0.2) is 0 Å². The molecular weight excluding hydrogens is 509 g/mol. The number of carbonyl (C=O) groups is 2. The molecule has 2 unspecified atom stereocenters. The van der Waals surface area contributed by atoms with Crippen LogP contribution < -0.4 is 9.80 Å². The first-order valence-corrected chi connectivity index (χ1v) is 13.4. The van der Waals surface area contributed by atoms with E-state index in [9.17, 15) is 28.0 Å². The van der Waals surface area contributed by atoms with Crippen molar-refractivity contribution in [1.82, 2.24) is 4.90 Å². The zero-order valence-electron chi connectivity index (χ0n) is 21.8. The van der Waals surface area contributed by atoms with Crippen LogP contribution in [-0.2, 0) is 26.9 Å². The van der Waals surface area contributed by atoms with Crippen LogP contribution in [0.15, 0.2) is 42.5 Å². The summed E-state index contributed by atoms with van der Waals surface area (Å²) in [5.41, 5.74) is 1.86. The number of piperidine rings is 1. The molecule has 0 radical (unpaired) electrons. The Labute approximate surface area is 225 Å². The lowest BCUT2D eigenvalue weighted by molar-refractivity contribution is -0.152. The molecule has 3 aliphatic rings. The number of alkyl halides is 3. The summed E-state index contributed by atoms with van der Waals surface area (Å²) in [5, 5.41) is 9.64. The molecule has 0 N–H and O–H groups in total. The van der Waals surface area contributed by atoms with Crippen LogP contribution in [0.4, 0.5) is 24.5 Å². The Hall–Kier alpha value is -3.74. The van der Waals surface area contributed by atoms with Crippen LogP contribution in [0.2, 0.25) is 0 Å². The Morgan fingerprint density at radius 2 is 1.79 bits per heavy atom. The number of amides is 1. The third-order valence-electron chi connectivity index (χ3n) is 8.15. The molecule has 3 heterocycles. The van der Waals surface area contributed by atoms with Crippen molar-refractivity contribution in [1.29, 1.82) is 5.26 Å². The molecular formula is C29H31F3N4O3. The number of halogens is 3. The predicted molar refractivity (Wildman–Crippen MR) is 139 cm³/mol. The molecule has 2 aromatic rings. The number of carbonyl (C=O) groups excluding carboxylic acids is 2. The molecule has 0 bridgehead atoms. The fourth-order valence-electron chi connectivity index (χ4n) is 6.18. The second-order valence-corrected chi connectivity index (χ2v) is 10.3. The molecule has 39 heavy (non-hydrogen) atoms. The molecule has 2 aromatic carbocycles. The number of nitriles is 1. The van der Waals surface area contributed by atoms with E-state index < -0.39 is 17.7 Å². The number of para-hydroxylation sites is 1. The minimum Gasteiger partial charge on any atom is -0.466 e. The van der Waals surface area contributed by atoms with Gasteiger partial charge in [0, 0.05) is 38.4 Å². The van der Waals surface area contributed by atoms with Gasteiger partial charge >= 0.3 is 12.1 Å². The molecule has 5 rings (SSSR count). The van der Waals surface area contributed by atoms with E-state index >= 15 is 0 Å². The highest BCUT2D eigenvalue weighted by atomic mass is 19.4. The van der Waals surface area contributed by atoms with Crippen LogP contribution in [0, 0.1) is 23.2 Å². The maximum Gasteiger partial charge on any atom is 0.416 e. The summed E-state index contributed by atoms with van der Waals surface area (Å²) >= 11 is 0. The SMILES string of the molecule is CCOC(=O)C1CCN(C(=O)C2Cc3cc(C(F)(F)F)ccc3N3CCN(c4ccccc4C#N)CC23)CC1. The molecule has 0 aliphatic carbocycles. The van der Waals surface area contributed by atoms with Crippen LogP contribution in [0.1, 0.15) is 36.5 Å². The lowest BCUT2D eigenvalue weighted by Gasteiger charge is -2.50. The summed E-state index contributed by atoms with van der Waals surface area (Å²) in [6, 6.07) is 13.1. The summed E-state index contributed by atoms with van der Waals surface area (Å²) in [4.78, 5) is 32.1. The Balaban J connectivity index is 1.44. The van der Waals surface area contributed by atoms with E-state index in [4.69, 9.17) is 4.74 Å². The van der Waals surface area contributed by atoms with Crippen molar-refractivity contribution in [3.63, 3.8) is 0 Å². The average Bonchev–Trinajstić information content (AvgIpc) is 2.95. The molecule has 3 aliphatic heterocycles. The van der Waals surface area contributed by atoms with E-state index in [1.54, 1.807) is 24.0 Å². The molecule has 10 heteroatoms. The average molecular weight is 541 g/mol. The van der Waals surface area contributed by atoms with E-state index in [2.05, 4.69) is 15.9 Å². The van der Waals surface area contributed by atoms with Gasteiger partial charge in [0.2, 0.25) is 5.91 Å². The number of fused-ring (bicyclic) bond motifs is 3. The first-order valence-electron chi connectivity index (χ1n) is 13.4. The summed E-state index contributed by atoms with van der Waals surface area (Å²) in [6.45, 7) is 4.43. The molecule has 7 nitrogen and oxygen atoms in total. The minimum absolute atomic E-state index is 0.106. The van der Waals surface area contributed by atoms with Crippen molar-refractivity contribution in [2.75, 3.05) is 49.1 Å². The molecule has 2 atom stereocenters. The highest BCUT2D eigenvalue weighted by Gasteiger charge is 2.45. The normalized spacial score (nSPS) is 21.6. The maximum absolute atomic E-state index is 14.0. The first-order chi connectivity index (χ1) is 18.7. The predicted octanol–water partition coefficient (Wildman–Crippen LogP) is 4.25. The second-order valence-electron chi connectivity index (χ2n) is 10.3. The molecule has 0 saturated carbocycles. The molecule has 0 aromatic heterocycles. The topological polar surface area (TPSA) is 76.9 Å². The van der Waals surface area contributed by atoms with Crippen LogP contribution in [0.25, 0.3) is 0 Å². The van der Waals surface area contributed by atoms with Gasteiger partial charge in [-0.2, -0.15) is 18.4 Å². The summed E-state index contributed by atoms with van der Waals surface area (Å²) in [7, 11) is 0. The number of esters is 1. The van der Waals surface area contributed by atoms with E-state index in [1.807, 2.05) is 12.1 Å². The number of piperazine rings is 1. The number of anilines is 2. The van der Waals surface area contributed by atoms with Crippen molar-refractivity contribution in [3.8, 4) is 6.07 Å². The zero-order chi connectivity index (χ0) is 27.7. The van der Waals surface area contributed by atoms with Crippen molar-refractivity contribution < 1.29 is 27.5 Å². The third-order valence-corrected chi connectivity index (χ3v) is 8.15. The summed E-state index contributed by atoms with van der Waals surface area (Å²) < 4.78 is 45.8. The van der Waals surface area contributed by atoms with Gasteiger partial charge in [0.25, 0.3) is 0 Å². The number of likely N-dealkylation sites (tertiary alicyclic amines) is 1. The van der Waals surface area contributed by atoms with Gasteiger partial charge in [0.1, 0.15) is 6.07 Å². The molecule has 206 valence electrons. The standard InChI is InChI=1S/C29H31F3N4O3/c1-2-39-28(38)19-9-11-34(12-10-19)27(37)23-16-21-15-22(29(30,31)32)7-8-25(21)36-14-13-35(18-26(23)36)24-6-4-3-5-20(24)17-33/h3-8,15,19,23,26H,2,9-14,16,18H2,1H3. The maximum atomic E-state index is 14.0. The van der Waals surface area contributed by atoms with Crippen LogP contribution in [-0.4, -0.2) is 62.1 Å². The van der Waals surface area contributed by atoms with Gasteiger partial charge in [-0.15, -0.1) is 0 Å². The monoisotopic (exact) mass is 540 g/mol. The van der Waals surface area contributed by atoms with Crippen molar-refractivity contribution in [3.05, 3.63) is 59.2 Å². The smallest absolute Gasteiger partial charge is 0.416 e. The number of nitrogens with zero attached hydrogens (tertiary/aromatic N) is 4. The Morgan fingerprint density at radius 1 is 1.05 bits per heavy atom. The lowest BCUT2D eigenvalue weighted by atomic mass is 9.81. The van der Waals surface area contributed by atoms with Crippen molar-refractivity contribution in [2.24, 2.45) is 11.8 Å². The first kappa shape index (κ1) is 26.9. The molecule has 1 amide bonds. The third kappa shape index (κ3) is 5.27. The highest BCUT2D eigenvalue weighted by molar-refractivity contribution is 5.83. The van der Waals surface area contributed by atoms with Gasteiger partial charge < -0.3 is 19.4 Å². The fourth-order valence-corrected chi connectivity index (χ4v) is 6.18. The van der Waals surface area contributed by atoms with E-state index in [0.717, 1.165) is 17.4 Å². The number of rotatable bonds is 4. The van der Waals surface area contributed by atoms with Crippen LogP contribution in [0.5, 0.6) is 0 Å². The van der Waals surface area contributed by atoms with Crippen molar-refractivity contribution >= 4 is 23.3 Å². The van der Waals surface area contributed by atoms with E-state index in [0.29, 0.717) is 63.3 Å². The number of hydrogen-bond acceptors (Lipinski definition) is 6. The number of hydrogen-bond donors (Lipinski definition) is 0. The molecule has 2 saturated heterocycles. The zero-order valence-corrected chi connectivity index (χ0v) is 21.8. The quantitative estimate of drug-likeness (QED) is 0.540. The molecule has 2 fully saturated rings. The van der Waals surface area contributed by atoms with E-state index in [-0.39, 0.29) is 30.3 Å². The van der Waals surface area contributed by atoms with Gasteiger partial charge in [0.05, 0.1) is 41.3 Å². The van der Waals surface area contributed by atoms with Gasteiger partial charge in [-0.05, 0) is 62.1 Å². The summed E-state index contributed by atoms with van der Waals surface area (Å²) in [5.74, 6) is -1.16. The fraction of sp³-hybridized carbons (Fsp3) is 0.483. The van der Waals surface area contributed by atoms with Gasteiger partial charge in [-0.25, -0.2) is 0 Å². The Kier molecular flexibility index (Phi) is 7.43. The lowest BCUT2D eigenvalue weighted by Crippen LogP contribution is -2.62. The molecule has 0 spiro atoms. The Morgan fingerprint density at radius 3 is 2.49 bits per heavy atom. The van der Waals surface area contributed by atoms with Crippen LogP contribution >= 0.6 is 0 Å². The second kappa shape index (κ2) is 10.8. The summed E-state index contributed by atoms with van der Waals surface area (Å²) in [6.07, 6.45) is -3.27. The van der Waals surface area contributed by atoms with Gasteiger partial charge in [-0.1, -0.05) is 12.1 Å². The number of benzene rings is 2. The van der Waals surface area contributed by atoms with Crippen molar-refractivity contribution in [2.45, 2.75) is 38.4 Å². The largest absolute Gasteiger partial charge is 0.466 e. The number of ether oxygens (including phenoxy) is 1. The van der Waals surface area contributed by atoms with Crippen LogP contribution in [0.3, 0.4) is 0 Å². The highest BCUT2D eigenvalue weighted by Crippen LogP contribution is 2.41. The van der Waals surface area contributed by atoms with E-state index in [1.165, 1.54) is 12.1 Å².